The zero-order valence-electron chi connectivity index (χ0n) is 18.0. The minimum atomic E-state index is -0.831. The summed E-state index contributed by atoms with van der Waals surface area (Å²) in [4.78, 5) is 42.9. The van der Waals surface area contributed by atoms with Gasteiger partial charge in [-0.3, -0.25) is 9.59 Å². The van der Waals surface area contributed by atoms with E-state index in [1.165, 1.54) is 11.1 Å². The van der Waals surface area contributed by atoms with Crippen LogP contribution in [0.15, 0.2) is 70.3 Å². The van der Waals surface area contributed by atoms with Gasteiger partial charge in [-0.2, -0.15) is 4.98 Å². The average Bonchev–Trinajstić information content (AvgIpc) is 2.83. The van der Waals surface area contributed by atoms with Crippen LogP contribution in [0.5, 0.6) is 0 Å². The SMILES string of the molecule is O=C(NC1CCCCC1)C(CCc1ccccc1)n1[nH]c(=O)nc(-c2ccccc2)c1=O. The molecule has 0 saturated heterocycles. The molecule has 1 aromatic heterocycles. The van der Waals surface area contributed by atoms with Crippen molar-refractivity contribution in [3.8, 4) is 11.3 Å². The summed E-state index contributed by atoms with van der Waals surface area (Å²) in [6.45, 7) is 0. The van der Waals surface area contributed by atoms with Gasteiger partial charge in [0, 0.05) is 11.6 Å². The van der Waals surface area contributed by atoms with E-state index in [0.29, 0.717) is 18.4 Å². The molecular formula is C25H28N4O3. The van der Waals surface area contributed by atoms with Gasteiger partial charge in [-0.1, -0.05) is 79.9 Å². The van der Waals surface area contributed by atoms with Gasteiger partial charge in [-0.05, 0) is 31.2 Å². The summed E-state index contributed by atoms with van der Waals surface area (Å²) >= 11 is 0. The number of aromatic nitrogens is 3. The largest absolute Gasteiger partial charge is 0.360 e. The summed E-state index contributed by atoms with van der Waals surface area (Å²) in [7, 11) is 0. The lowest BCUT2D eigenvalue weighted by molar-refractivity contribution is -0.125. The summed E-state index contributed by atoms with van der Waals surface area (Å²) < 4.78 is 1.17. The Bertz CT molecular complexity index is 1150. The molecule has 1 heterocycles. The second-order valence-electron chi connectivity index (χ2n) is 8.30. The lowest BCUT2D eigenvalue weighted by atomic mass is 9.95. The minimum Gasteiger partial charge on any atom is -0.352 e. The van der Waals surface area contributed by atoms with Crippen molar-refractivity contribution in [3.63, 3.8) is 0 Å². The van der Waals surface area contributed by atoms with Crippen LogP contribution in [0.4, 0.5) is 0 Å². The van der Waals surface area contributed by atoms with Crippen LogP contribution in [0.1, 0.15) is 50.1 Å². The van der Waals surface area contributed by atoms with Crippen molar-refractivity contribution in [2.45, 2.75) is 57.0 Å². The zero-order chi connectivity index (χ0) is 22.3. The summed E-state index contributed by atoms with van der Waals surface area (Å²) in [5.41, 5.74) is 0.526. The highest BCUT2D eigenvalue weighted by atomic mass is 16.2. The van der Waals surface area contributed by atoms with Gasteiger partial charge in [0.25, 0.3) is 5.56 Å². The first-order valence-corrected chi connectivity index (χ1v) is 11.2. The molecule has 1 aliphatic carbocycles. The molecule has 166 valence electrons. The van der Waals surface area contributed by atoms with Crippen LogP contribution in [0.25, 0.3) is 11.3 Å². The Morgan fingerprint density at radius 3 is 2.34 bits per heavy atom. The molecule has 1 fully saturated rings. The molecule has 1 saturated carbocycles. The van der Waals surface area contributed by atoms with Crippen molar-refractivity contribution in [2.24, 2.45) is 0 Å². The maximum Gasteiger partial charge on any atom is 0.360 e. The fraction of sp³-hybridized carbons (Fsp3) is 0.360. The molecule has 0 bridgehead atoms. The van der Waals surface area contributed by atoms with Crippen LogP contribution in [0.3, 0.4) is 0 Å². The quantitative estimate of drug-likeness (QED) is 0.599. The Kier molecular flexibility index (Phi) is 6.94. The van der Waals surface area contributed by atoms with Gasteiger partial charge in [-0.25, -0.2) is 14.6 Å². The average molecular weight is 433 g/mol. The van der Waals surface area contributed by atoms with Crippen LogP contribution < -0.4 is 16.6 Å². The lowest BCUT2D eigenvalue weighted by Gasteiger charge is -2.26. The molecule has 3 aromatic rings. The summed E-state index contributed by atoms with van der Waals surface area (Å²) in [5.74, 6) is -0.240. The molecule has 32 heavy (non-hydrogen) atoms. The van der Waals surface area contributed by atoms with Gasteiger partial charge in [0.05, 0.1) is 0 Å². The van der Waals surface area contributed by atoms with E-state index in [-0.39, 0.29) is 17.6 Å². The molecule has 1 aliphatic rings. The van der Waals surface area contributed by atoms with Crippen molar-refractivity contribution in [2.75, 3.05) is 0 Å². The second kappa shape index (κ2) is 10.2. The molecule has 0 radical (unpaired) electrons. The molecule has 4 rings (SSSR count). The number of aromatic amines is 1. The van der Waals surface area contributed by atoms with E-state index in [4.69, 9.17) is 0 Å². The first-order valence-electron chi connectivity index (χ1n) is 11.2. The number of nitrogens with one attached hydrogen (secondary N) is 2. The maximum absolute atomic E-state index is 13.3. The Morgan fingerprint density at radius 2 is 1.66 bits per heavy atom. The zero-order valence-corrected chi connectivity index (χ0v) is 18.0. The van der Waals surface area contributed by atoms with Gasteiger partial charge >= 0.3 is 5.69 Å². The van der Waals surface area contributed by atoms with E-state index in [1.807, 2.05) is 36.4 Å². The fourth-order valence-corrected chi connectivity index (χ4v) is 4.32. The predicted molar refractivity (Wildman–Crippen MR) is 123 cm³/mol. The molecule has 7 heteroatoms. The summed E-state index contributed by atoms with van der Waals surface area (Å²) in [6, 6.07) is 17.9. The van der Waals surface area contributed by atoms with Crippen molar-refractivity contribution >= 4 is 5.91 Å². The molecule has 1 atom stereocenters. The number of benzene rings is 2. The maximum atomic E-state index is 13.3. The molecule has 2 N–H and O–H groups in total. The number of carbonyl (C=O) groups is 1. The number of amides is 1. The Labute approximate surface area is 186 Å². The lowest BCUT2D eigenvalue weighted by Crippen LogP contribution is -2.45. The van der Waals surface area contributed by atoms with Crippen LogP contribution in [0.2, 0.25) is 0 Å². The smallest absolute Gasteiger partial charge is 0.352 e. The number of rotatable bonds is 7. The molecule has 1 unspecified atom stereocenters. The highest BCUT2D eigenvalue weighted by molar-refractivity contribution is 5.80. The first-order chi connectivity index (χ1) is 15.6. The summed E-state index contributed by atoms with van der Waals surface area (Å²) in [5, 5.41) is 5.64. The number of nitrogens with zero attached hydrogens (tertiary/aromatic N) is 2. The molecule has 0 aliphatic heterocycles. The third kappa shape index (κ3) is 5.22. The van der Waals surface area contributed by atoms with Crippen molar-refractivity contribution < 1.29 is 4.79 Å². The van der Waals surface area contributed by atoms with Crippen LogP contribution in [-0.4, -0.2) is 26.7 Å². The highest BCUT2D eigenvalue weighted by Crippen LogP contribution is 2.20. The van der Waals surface area contributed by atoms with Gasteiger partial charge in [-0.15, -0.1) is 0 Å². The Hall–Kier alpha value is -3.48. The van der Waals surface area contributed by atoms with Crippen LogP contribution in [-0.2, 0) is 11.2 Å². The monoisotopic (exact) mass is 432 g/mol. The van der Waals surface area contributed by atoms with E-state index in [1.54, 1.807) is 24.3 Å². The van der Waals surface area contributed by atoms with Crippen LogP contribution in [0, 0.1) is 0 Å². The van der Waals surface area contributed by atoms with E-state index in [9.17, 15) is 14.4 Å². The van der Waals surface area contributed by atoms with Crippen LogP contribution >= 0.6 is 0 Å². The number of aryl methyl sites for hydroxylation is 1. The number of carbonyl (C=O) groups excluding carboxylic acids is 1. The topological polar surface area (TPSA) is 96.8 Å². The van der Waals surface area contributed by atoms with Crippen molar-refractivity contribution in [1.29, 1.82) is 0 Å². The number of H-pyrrole nitrogens is 1. The van der Waals surface area contributed by atoms with E-state index < -0.39 is 17.3 Å². The van der Waals surface area contributed by atoms with Gasteiger partial charge in [0.2, 0.25) is 5.91 Å². The number of hydrogen-bond acceptors (Lipinski definition) is 4. The normalized spacial score (nSPS) is 15.2. The van der Waals surface area contributed by atoms with Crippen molar-refractivity contribution in [1.82, 2.24) is 20.1 Å². The highest BCUT2D eigenvalue weighted by Gasteiger charge is 2.27. The molecular weight excluding hydrogens is 404 g/mol. The van der Waals surface area contributed by atoms with Crippen molar-refractivity contribution in [3.05, 3.63) is 87.1 Å². The molecule has 2 aromatic carbocycles. The molecule has 1 amide bonds. The fourth-order valence-electron chi connectivity index (χ4n) is 4.32. The first kappa shape index (κ1) is 21.7. The van der Waals surface area contributed by atoms with Gasteiger partial charge in [0.1, 0.15) is 11.7 Å². The standard InChI is InChI=1S/C25H28N4O3/c30-23(26-20-14-8-3-9-15-20)21(17-16-18-10-4-1-5-11-18)29-24(31)22(27-25(32)28-29)19-12-6-2-7-13-19/h1-2,4-7,10-13,20-21H,3,8-9,14-17H2,(H,26,30)(H,28,32). The molecule has 7 nitrogen and oxygen atoms in total. The van der Waals surface area contributed by atoms with E-state index in [2.05, 4.69) is 15.4 Å². The third-order valence-corrected chi connectivity index (χ3v) is 6.01. The van der Waals surface area contributed by atoms with E-state index >= 15 is 0 Å². The van der Waals surface area contributed by atoms with Gasteiger partial charge in [0.15, 0.2) is 0 Å². The van der Waals surface area contributed by atoms with E-state index in [0.717, 1.165) is 31.2 Å². The second-order valence-corrected chi connectivity index (χ2v) is 8.30. The molecule has 0 spiro atoms. The predicted octanol–water partition coefficient (Wildman–Crippen LogP) is 3.22. The summed E-state index contributed by atoms with van der Waals surface area (Å²) in [6.07, 6.45) is 6.22. The van der Waals surface area contributed by atoms with Gasteiger partial charge < -0.3 is 5.32 Å². The number of hydrogen-bond donors (Lipinski definition) is 2. The Balaban J connectivity index is 1.68. The third-order valence-electron chi connectivity index (χ3n) is 6.01. The Morgan fingerprint density at radius 1 is 1.00 bits per heavy atom. The minimum absolute atomic E-state index is 0.0459.